The molecule has 1 aliphatic heterocycles. The van der Waals surface area contributed by atoms with Crippen LogP contribution in [0, 0.1) is 0 Å². The molecule has 3 unspecified atom stereocenters. The van der Waals surface area contributed by atoms with E-state index in [1.807, 2.05) is 0 Å². The highest BCUT2D eigenvalue weighted by molar-refractivity contribution is 6.05. The van der Waals surface area contributed by atoms with E-state index in [0.717, 1.165) is 19.3 Å². The summed E-state index contributed by atoms with van der Waals surface area (Å²) in [5, 5.41) is 5.50. The third-order valence-corrected chi connectivity index (χ3v) is 3.12. The Hall–Kier alpha value is -0.940. The van der Waals surface area contributed by atoms with Crippen molar-refractivity contribution in [2.24, 2.45) is 0 Å². The Morgan fingerprint density at radius 3 is 2.73 bits per heavy atom. The summed E-state index contributed by atoms with van der Waals surface area (Å²) in [6, 6.07) is -0.0327. The monoisotopic (exact) mass is 212 g/mol. The van der Waals surface area contributed by atoms with E-state index in [1.165, 1.54) is 0 Å². The van der Waals surface area contributed by atoms with Crippen LogP contribution in [0.15, 0.2) is 0 Å². The van der Waals surface area contributed by atoms with Crippen molar-refractivity contribution in [3.05, 3.63) is 0 Å². The number of hydrogen-bond acceptors (Lipinski definition) is 4. The van der Waals surface area contributed by atoms with Gasteiger partial charge in [-0.1, -0.05) is 0 Å². The quantitative estimate of drug-likeness (QED) is 0.622. The fraction of sp³-hybridized carbons (Fsp3) is 0.800. The molecule has 0 aromatic rings. The maximum atomic E-state index is 11.3. The first kappa shape index (κ1) is 10.6. The molecule has 2 amide bonds. The molecule has 1 saturated heterocycles. The number of amides is 2. The molecule has 0 radical (unpaired) electrons. The van der Waals surface area contributed by atoms with Crippen molar-refractivity contribution in [3.63, 3.8) is 0 Å². The Kier molecular flexibility index (Phi) is 3.02. The number of hydrogen-bond donors (Lipinski definition) is 2. The molecule has 0 bridgehead atoms. The van der Waals surface area contributed by atoms with E-state index in [4.69, 9.17) is 4.74 Å². The Bertz CT molecular complexity index is 280. The predicted octanol–water partition coefficient (Wildman–Crippen LogP) is -0.441. The van der Waals surface area contributed by atoms with Crippen molar-refractivity contribution < 1.29 is 14.3 Å². The van der Waals surface area contributed by atoms with Gasteiger partial charge in [-0.2, -0.15) is 0 Å². The molecule has 15 heavy (non-hydrogen) atoms. The Labute approximate surface area is 88.5 Å². The number of methoxy groups -OCH3 is 1. The van der Waals surface area contributed by atoms with Crippen molar-refractivity contribution in [3.8, 4) is 0 Å². The van der Waals surface area contributed by atoms with Gasteiger partial charge in [0, 0.05) is 13.2 Å². The van der Waals surface area contributed by atoms with Crippen LogP contribution in [0.1, 0.15) is 25.7 Å². The lowest BCUT2D eigenvalue weighted by Gasteiger charge is -2.16. The second kappa shape index (κ2) is 4.28. The van der Waals surface area contributed by atoms with Crippen LogP contribution in [0.2, 0.25) is 0 Å². The van der Waals surface area contributed by atoms with Crippen molar-refractivity contribution >= 4 is 11.8 Å². The van der Waals surface area contributed by atoms with E-state index >= 15 is 0 Å². The zero-order valence-corrected chi connectivity index (χ0v) is 8.79. The normalized spacial score (nSPS) is 35.9. The highest BCUT2D eigenvalue weighted by Gasteiger charge is 2.34. The molecular weight excluding hydrogens is 196 g/mol. The van der Waals surface area contributed by atoms with Gasteiger partial charge < -0.3 is 10.1 Å². The zero-order chi connectivity index (χ0) is 10.8. The molecule has 2 aliphatic rings. The van der Waals surface area contributed by atoms with Gasteiger partial charge in [-0.15, -0.1) is 0 Å². The fourth-order valence-corrected chi connectivity index (χ4v) is 2.28. The summed E-state index contributed by atoms with van der Waals surface area (Å²) < 4.78 is 5.25. The van der Waals surface area contributed by atoms with Crippen molar-refractivity contribution in [2.45, 2.75) is 43.9 Å². The van der Waals surface area contributed by atoms with Crippen LogP contribution in [-0.4, -0.2) is 37.1 Å². The SMILES string of the molecule is COC1CCC(NC2CC(=O)NC2=O)C1. The summed E-state index contributed by atoms with van der Waals surface area (Å²) in [5.74, 6) is -0.375. The van der Waals surface area contributed by atoms with E-state index in [2.05, 4.69) is 10.6 Å². The van der Waals surface area contributed by atoms with Gasteiger partial charge in [0.15, 0.2) is 0 Å². The zero-order valence-electron chi connectivity index (χ0n) is 8.79. The summed E-state index contributed by atoms with van der Waals surface area (Å²) in [6.07, 6.45) is 3.52. The van der Waals surface area contributed by atoms with Crippen molar-refractivity contribution in [1.82, 2.24) is 10.6 Å². The molecule has 0 spiro atoms. The minimum atomic E-state index is -0.335. The second-order valence-electron chi connectivity index (χ2n) is 4.20. The maximum Gasteiger partial charge on any atom is 0.244 e. The number of nitrogens with one attached hydrogen (secondary N) is 2. The first-order valence-electron chi connectivity index (χ1n) is 5.31. The first-order valence-corrected chi connectivity index (χ1v) is 5.31. The lowest BCUT2D eigenvalue weighted by Crippen LogP contribution is -2.41. The van der Waals surface area contributed by atoms with E-state index in [9.17, 15) is 9.59 Å². The highest BCUT2D eigenvalue weighted by Crippen LogP contribution is 2.22. The van der Waals surface area contributed by atoms with Crippen molar-refractivity contribution in [2.75, 3.05) is 7.11 Å². The lowest BCUT2D eigenvalue weighted by atomic mass is 10.2. The third kappa shape index (κ3) is 2.35. The number of carbonyl (C=O) groups excluding carboxylic acids is 2. The summed E-state index contributed by atoms with van der Waals surface area (Å²) in [4.78, 5) is 22.3. The van der Waals surface area contributed by atoms with Crippen LogP contribution < -0.4 is 10.6 Å². The van der Waals surface area contributed by atoms with Crippen LogP contribution >= 0.6 is 0 Å². The fourth-order valence-electron chi connectivity index (χ4n) is 2.28. The van der Waals surface area contributed by atoms with Gasteiger partial charge in [-0.25, -0.2) is 0 Å². The number of rotatable bonds is 3. The van der Waals surface area contributed by atoms with Gasteiger partial charge in [-0.05, 0) is 19.3 Å². The molecule has 1 saturated carbocycles. The molecule has 2 N–H and O–H groups in total. The van der Waals surface area contributed by atoms with E-state index in [1.54, 1.807) is 7.11 Å². The molecule has 0 aromatic carbocycles. The van der Waals surface area contributed by atoms with E-state index in [-0.39, 0.29) is 24.3 Å². The van der Waals surface area contributed by atoms with Gasteiger partial charge in [-0.3, -0.25) is 14.9 Å². The summed E-state index contributed by atoms with van der Waals surface area (Å²) >= 11 is 0. The molecule has 2 fully saturated rings. The van der Waals surface area contributed by atoms with Crippen LogP contribution in [-0.2, 0) is 14.3 Å². The van der Waals surface area contributed by atoms with Crippen LogP contribution in [0.5, 0.6) is 0 Å². The number of imide groups is 1. The topological polar surface area (TPSA) is 67.4 Å². The molecule has 84 valence electrons. The largest absolute Gasteiger partial charge is 0.381 e. The predicted molar refractivity (Wildman–Crippen MR) is 53.1 cm³/mol. The van der Waals surface area contributed by atoms with Gasteiger partial charge in [0.2, 0.25) is 11.8 Å². The summed E-state index contributed by atoms with van der Waals surface area (Å²) in [7, 11) is 1.71. The Morgan fingerprint density at radius 2 is 2.20 bits per heavy atom. The lowest BCUT2D eigenvalue weighted by molar-refractivity contribution is -0.125. The van der Waals surface area contributed by atoms with Crippen LogP contribution in [0.3, 0.4) is 0 Å². The average molecular weight is 212 g/mol. The summed E-state index contributed by atoms with van der Waals surface area (Å²) in [6.45, 7) is 0. The van der Waals surface area contributed by atoms with Gasteiger partial charge in [0.25, 0.3) is 0 Å². The first-order chi connectivity index (χ1) is 7.19. The highest BCUT2D eigenvalue weighted by atomic mass is 16.5. The van der Waals surface area contributed by atoms with E-state index < -0.39 is 0 Å². The third-order valence-electron chi connectivity index (χ3n) is 3.12. The van der Waals surface area contributed by atoms with Crippen LogP contribution in [0.25, 0.3) is 0 Å². The molecule has 2 rings (SSSR count). The van der Waals surface area contributed by atoms with Gasteiger partial charge >= 0.3 is 0 Å². The minimum absolute atomic E-state index is 0.182. The summed E-state index contributed by atoms with van der Waals surface area (Å²) in [5.41, 5.74) is 0. The average Bonchev–Trinajstić information content (AvgIpc) is 2.75. The molecule has 1 heterocycles. The molecule has 0 aromatic heterocycles. The molecule has 5 nitrogen and oxygen atoms in total. The number of carbonyl (C=O) groups is 2. The molecular formula is C10H16N2O3. The molecule has 1 aliphatic carbocycles. The van der Waals surface area contributed by atoms with Crippen LogP contribution in [0.4, 0.5) is 0 Å². The second-order valence-corrected chi connectivity index (χ2v) is 4.20. The minimum Gasteiger partial charge on any atom is -0.381 e. The van der Waals surface area contributed by atoms with Gasteiger partial charge in [0.05, 0.1) is 18.6 Å². The maximum absolute atomic E-state index is 11.3. The smallest absolute Gasteiger partial charge is 0.244 e. The standard InChI is InChI=1S/C10H16N2O3/c1-15-7-3-2-6(4-7)11-8-5-9(13)12-10(8)14/h6-8,11H,2-5H2,1H3,(H,12,13,14). The Balaban J connectivity index is 1.83. The van der Waals surface area contributed by atoms with Crippen molar-refractivity contribution in [1.29, 1.82) is 0 Å². The van der Waals surface area contributed by atoms with Gasteiger partial charge in [0.1, 0.15) is 0 Å². The number of ether oxygens (including phenoxy) is 1. The molecule has 3 atom stereocenters. The van der Waals surface area contributed by atoms with E-state index in [0.29, 0.717) is 12.1 Å². The Morgan fingerprint density at radius 1 is 1.40 bits per heavy atom. The molecule has 5 heteroatoms.